The molecule has 3 rings (SSSR count). The predicted molar refractivity (Wildman–Crippen MR) is 149 cm³/mol. The lowest BCUT2D eigenvalue weighted by atomic mass is 10.2. The third kappa shape index (κ3) is 8.24. The molecule has 0 aliphatic heterocycles. The second-order valence-corrected chi connectivity index (χ2v) is 9.78. The Balaban J connectivity index is 1.87. The highest BCUT2D eigenvalue weighted by molar-refractivity contribution is 7.86. The molecule has 3 N–H and O–H groups in total. The van der Waals surface area contributed by atoms with Gasteiger partial charge in [-0.25, -0.2) is 0 Å². The van der Waals surface area contributed by atoms with Crippen molar-refractivity contribution in [2.75, 3.05) is 49.2 Å². The van der Waals surface area contributed by atoms with Crippen molar-refractivity contribution in [2.24, 2.45) is 0 Å². The molecular formula is C26H35N7O3S. The van der Waals surface area contributed by atoms with Gasteiger partial charge in [0.2, 0.25) is 17.8 Å². The van der Waals surface area contributed by atoms with Gasteiger partial charge in [-0.1, -0.05) is 50.3 Å². The molecule has 0 unspecified atom stereocenters. The zero-order chi connectivity index (χ0) is 26.7. The summed E-state index contributed by atoms with van der Waals surface area (Å²) in [5.74, 6) is 1.02. The van der Waals surface area contributed by atoms with E-state index in [9.17, 15) is 8.42 Å². The first-order chi connectivity index (χ1) is 17.9. The molecule has 0 aliphatic rings. The Labute approximate surface area is 219 Å². The Morgan fingerprint density at radius 2 is 1.57 bits per heavy atom. The molecule has 0 fully saturated rings. The number of hydrogen-bond donors (Lipinski definition) is 3. The standard InChI is InChI=1S/C26H35N7O3S/c1-5-12-20-15-16-22(19-23(20)37(34,35)36-4)29-26-31-24(27-17-11-18-33(6-2)7-3)30-25(32-26)28-21-13-9-8-10-14-21/h5,8-10,12-16,19H,6-7,11,17-18H2,1-4H3,(H3,27,28,29,30,31,32). The van der Waals surface area contributed by atoms with Gasteiger partial charge in [0.15, 0.2) is 0 Å². The minimum Gasteiger partial charge on any atom is -0.354 e. The van der Waals surface area contributed by atoms with Crippen molar-refractivity contribution in [3.63, 3.8) is 0 Å². The topological polar surface area (TPSA) is 121 Å². The SMILES string of the molecule is CC=Cc1ccc(Nc2nc(NCCCN(CC)CC)nc(Nc3ccccc3)n2)cc1S(=O)(=O)OC. The van der Waals surface area contributed by atoms with E-state index in [0.717, 1.165) is 38.9 Å². The highest BCUT2D eigenvalue weighted by Gasteiger charge is 2.18. The van der Waals surface area contributed by atoms with Crippen LogP contribution in [0, 0.1) is 0 Å². The number of para-hydroxylation sites is 1. The second kappa shape index (κ2) is 13.7. The van der Waals surface area contributed by atoms with E-state index in [1.165, 1.54) is 6.07 Å². The van der Waals surface area contributed by atoms with E-state index in [0.29, 0.717) is 29.7 Å². The van der Waals surface area contributed by atoms with Crippen molar-refractivity contribution >= 4 is 45.4 Å². The number of rotatable bonds is 14. The van der Waals surface area contributed by atoms with Crippen molar-refractivity contribution < 1.29 is 12.6 Å². The molecule has 0 spiro atoms. The summed E-state index contributed by atoms with van der Waals surface area (Å²) in [7, 11) is -2.78. The van der Waals surface area contributed by atoms with Crippen molar-refractivity contribution in [1.82, 2.24) is 19.9 Å². The maximum Gasteiger partial charge on any atom is 0.297 e. The zero-order valence-corrected chi connectivity index (χ0v) is 22.5. The molecule has 2 aromatic carbocycles. The number of anilines is 5. The first kappa shape index (κ1) is 28.0. The quantitative estimate of drug-likeness (QED) is 0.198. The summed E-state index contributed by atoms with van der Waals surface area (Å²) in [5.41, 5.74) is 1.84. The molecule has 0 atom stereocenters. The fraction of sp³-hybridized carbons (Fsp3) is 0.346. The lowest BCUT2D eigenvalue weighted by Gasteiger charge is -2.18. The Kier molecular flexibility index (Phi) is 10.4. The van der Waals surface area contributed by atoms with E-state index in [2.05, 4.69) is 49.6 Å². The van der Waals surface area contributed by atoms with E-state index < -0.39 is 10.1 Å². The van der Waals surface area contributed by atoms with Crippen LogP contribution in [0.4, 0.5) is 29.2 Å². The van der Waals surface area contributed by atoms with Crippen LogP contribution in [0.25, 0.3) is 6.08 Å². The van der Waals surface area contributed by atoms with Gasteiger partial charge < -0.3 is 20.9 Å². The van der Waals surface area contributed by atoms with Crippen molar-refractivity contribution in [2.45, 2.75) is 32.1 Å². The molecule has 0 radical (unpaired) electrons. The number of aromatic nitrogens is 3. The second-order valence-electron chi connectivity index (χ2n) is 8.10. The molecule has 0 amide bonds. The van der Waals surface area contributed by atoms with Crippen molar-refractivity contribution in [1.29, 1.82) is 0 Å². The minimum absolute atomic E-state index is 0.0459. The van der Waals surface area contributed by atoms with Crippen molar-refractivity contribution in [3.8, 4) is 0 Å². The van der Waals surface area contributed by atoms with Crippen molar-refractivity contribution in [3.05, 3.63) is 60.2 Å². The molecule has 37 heavy (non-hydrogen) atoms. The Morgan fingerprint density at radius 1 is 0.919 bits per heavy atom. The van der Waals surface area contributed by atoms with Gasteiger partial charge in [-0.05, 0) is 62.8 Å². The smallest absolute Gasteiger partial charge is 0.297 e. The van der Waals surface area contributed by atoms with Gasteiger partial charge in [0.25, 0.3) is 10.1 Å². The van der Waals surface area contributed by atoms with E-state index in [1.807, 2.05) is 37.3 Å². The monoisotopic (exact) mass is 525 g/mol. The fourth-order valence-corrected chi connectivity index (χ4v) is 4.50. The molecule has 0 saturated carbocycles. The number of benzene rings is 2. The van der Waals surface area contributed by atoms with Crippen LogP contribution in [0.1, 0.15) is 32.8 Å². The fourth-order valence-electron chi connectivity index (χ4n) is 3.62. The third-order valence-corrected chi connectivity index (χ3v) is 6.93. The molecule has 10 nitrogen and oxygen atoms in total. The van der Waals surface area contributed by atoms with Gasteiger partial charge in [0, 0.05) is 17.9 Å². The molecular weight excluding hydrogens is 490 g/mol. The van der Waals surface area contributed by atoms with E-state index in [4.69, 9.17) is 4.18 Å². The largest absolute Gasteiger partial charge is 0.354 e. The Morgan fingerprint density at radius 3 is 2.19 bits per heavy atom. The summed E-state index contributed by atoms with van der Waals surface area (Å²) < 4.78 is 29.8. The Bertz CT molecular complexity index is 1280. The van der Waals surface area contributed by atoms with Crippen LogP contribution in [0.15, 0.2) is 59.5 Å². The highest BCUT2D eigenvalue weighted by Crippen LogP contribution is 2.26. The molecule has 3 aromatic rings. The molecule has 0 saturated heterocycles. The molecule has 0 bridgehead atoms. The van der Waals surface area contributed by atoms with Gasteiger partial charge in [0.05, 0.1) is 7.11 Å². The number of allylic oxidation sites excluding steroid dienone is 1. The first-order valence-corrected chi connectivity index (χ1v) is 13.7. The maximum absolute atomic E-state index is 12.5. The summed E-state index contributed by atoms with van der Waals surface area (Å²) in [6.07, 6.45) is 4.41. The molecule has 1 heterocycles. The van der Waals surface area contributed by atoms with Gasteiger partial charge in [0.1, 0.15) is 4.90 Å². The summed E-state index contributed by atoms with van der Waals surface area (Å²) in [6, 6.07) is 14.5. The summed E-state index contributed by atoms with van der Waals surface area (Å²) in [5, 5.41) is 9.58. The van der Waals surface area contributed by atoms with Gasteiger partial charge >= 0.3 is 0 Å². The van der Waals surface area contributed by atoms with Gasteiger partial charge in [-0.2, -0.15) is 23.4 Å². The average Bonchev–Trinajstić information content (AvgIpc) is 2.90. The number of nitrogens with zero attached hydrogens (tertiary/aromatic N) is 4. The van der Waals surface area contributed by atoms with Crippen LogP contribution in [0.2, 0.25) is 0 Å². The molecule has 198 valence electrons. The van der Waals surface area contributed by atoms with Crippen LogP contribution < -0.4 is 16.0 Å². The summed E-state index contributed by atoms with van der Waals surface area (Å²) >= 11 is 0. The predicted octanol–water partition coefficient (Wildman–Crippen LogP) is 4.87. The normalized spacial score (nSPS) is 11.7. The van der Waals surface area contributed by atoms with E-state index >= 15 is 0 Å². The average molecular weight is 526 g/mol. The highest BCUT2D eigenvalue weighted by atomic mass is 32.2. The van der Waals surface area contributed by atoms with Gasteiger partial charge in [-0.15, -0.1) is 0 Å². The maximum atomic E-state index is 12.5. The lowest BCUT2D eigenvalue weighted by molar-refractivity contribution is 0.303. The molecule has 1 aromatic heterocycles. The van der Waals surface area contributed by atoms with E-state index in [-0.39, 0.29) is 10.8 Å². The number of nitrogens with one attached hydrogen (secondary N) is 3. The van der Waals surface area contributed by atoms with E-state index in [1.54, 1.807) is 24.3 Å². The molecule has 11 heteroatoms. The van der Waals surface area contributed by atoms with Crippen LogP contribution in [0.5, 0.6) is 0 Å². The van der Waals surface area contributed by atoms with Crippen LogP contribution in [-0.4, -0.2) is 61.6 Å². The van der Waals surface area contributed by atoms with Crippen LogP contribution >= 0.6 is 0 Å². The Hall–Kier alpha value is -3.54. The van der Waals surface area contributed by atoms with Crippen LogP contribution in [0.3, 0.4) is 0 Å². The molecule has 0 aliphatic carbocycles. The number of hydrogen-bond acceptors (Lipinski definition) is 10. The van der Waals surface area contributed by atoms with Crippen LogP contribution in [-0.2, 0) is 14.3 Å². The lowest BCUT2D eigenvalue weighted by Crippen LogP contribution is -2.25. The summed E-state index contributed by atoms with van der Waals surface area (Å²) in [6.45, 7) is 9.80. The summed E-state index contributed by atoms with van der Waals surface area (Å²) in [4.78, 5) is 15.9. The zero-order valence-electron chi connectivity index (χ0n) is 21.7. The first-order valence-electron chi connectivity index (χ1n) is 12.3. The minimum atomic E-state index is -3.92. The van der Waals surface area contributed by atoms with Gasteiger partial charge in [-0.3, -0.25) is 4.18 Å². The third-order valence-electron chi connectivity index (χ3n) is 5.60.